The highest BCUT2D eigenvalue weighted by atomic mass is 32.2. The Morgan fingerprint density at radius 2 is 2.17 bits per heavy atom. The predicted molar refractivity (Wildman–Crippen MR) is 89.5 cm³/mol. The summed E-state index contributed by atoms with van der Waals surface area (Å²) >= 11 is 1.28. The average Bonchev–Trinajstić information content (AvgIpc) is 2.85. The zero-order chi connectivity index (χ0) is 17.7. The second-order valence-electron chi connectivity index (χ2n) is 5.82. The van der Waals surface area contributed by atoms with Crippen molar-refractivity contribution in [2.75, 3.05) is 39.5 Å². The van der Waals surface area contributed by atoms with Crippen LogP contribution in [0.5, 0.6) is 0 Å². The van der Waals surface area contributed by atoms with Crippen molar-refractivity contribution in [1.82, 2.24) is 15.1 Å². The quantitative estimate of drug-likeness (QED) is 0.806. The third kappa shape index (κ3) is 4.91. The summed E-state index contributed by atoms with van der Waals surface area (Å²) in [5.74, 6) is -1.40. The van der Waals surface area contributed by atoms with Crippen molar-refractivity contribution in [2.45, 2.75) is 11.8 Å². The number of carbonyl (C=O) groups excluding carboxylic acids is 2. The Kier molecular flexibility index (Phi) is 6.56. The fourth-order valence-corrected chi connectivity index (χ4v) is 3.62. The van der Waals surface area contributed by atoms with Crippen molar-refractivity contribution in [3.05, 3.63) is 35.4 Å². The molecule has 2 amide bonds. The fraction of sp³-hybridized carbons (Fsp3) is 0.500. The highest BCUT2D eigenvalue weighted by Gasteiger charge is 2.34. The number of halogens is 2. The van der Waals surface area contributed by atoms with Crippen LogP contribution in [0.25, 0.3) is 0 Å². The molecule has 1 saturated heterocycles. The van der Waals surface area contributed by atoms with Crippen molar-refractivity contribution >= 4 is 23.6 Å². The lowest BCUT2D eigenvalue weighted by Crippen LogP contribution is -2.35. The number of carbonyl (C=O) groups is 2. The van der Waals surface area contributed by atoms with E-state index in [0.29, 0.717) is 6.54 Å². The number of nitrogens with zero attached hydrogens (tertiary/aromatic N) is 2. The number of thioether (sulfide) groups is 1. The van der Waals surface area contributed by atoms with Gasteiger partial charge in [-0.15, -0.1) is 11.8 Å². The van der Waals surface area contributed by atoms with Crippen LogP contribution in [0.3, 0.4) is 0 Å². The molecule has 0 bridgehead atoms. The van der Waals surface area contributed by atoms with Gasteiger partial charge in [0, 0.05) is 37.7 Å². The summed E-state index contributed by atoms with van der Waals surface area (Å²) < 4.78 is 27.0. The smallest absolute Gasteiger partial charge is 0.233 e. The van der Waals surface area contributed by atoms with Crippen LogP contribution >= 0.6 is 11.8 Å². The first kappa shape index (κ1) is 18.7. The van der Waals surface area contributed by atoms with E-state index in [1.165, 1.54) is 28.8 Å². The molecule has 0 aromatic heterocycles. The van der Waals surface area contributed by atoms with E-state index in [1.54, 1.807) is 0 Å². The Hall–Kier alpha value is -1.67. The lowest BCUT2D eigenvalue weighted by molar-refractivity contribution is -0.129. The molecule has 1 aromatic carbocycles. The highest BCUT2D eigenvalue weighted by molar-refractivity contribution is 8.00. The van der Waals surface area contributed by atoms with Crippen molar-refractivity contribution < 1.29 is 18.4 Å². The lowest BCUT2D eigenvalue weighted by atomic mass is 10.2. The molecular formula is C16H21F2N3O2S. The maximum Gasteiger partial charge on any atom is 0.233 e. The predicted octanol–water partition coefficient (Wildman–Crippen LogP) is 1.61. The largest absolute Gasteiger partial charge is 0.355 e. The molecule has 8 heteroatoms. The van der Waals surface area contributed by atoms with Gasteiger partial charge in [0.2, 0.25) is 11.8 Å². The number of likely N-dealkylation sites (N-methyl/N-ethyl adjacent to an activating group) is 1. The van der Waals surface area contributed by atoms with Crippen molar-refractivity contribution in [3.63, 3.8) is 0 Å². The molecule has 1 aliphatic heterocycles. The summed E-state index contributed by atoms with van der Waals surface area (Å²) in [6.45, 7) is 1.47. The lowest BCUT2D eigenvalue weighted by Gasteiger charge is -2.24. The van der Waals surface area contributed by atoms with Crippen molar-refractivity contribution in [1.29, 1.82) is 0 Å². The van der Waals surface area contributed by atoms with Crippen molar-refractivity contribution in [2.24, 2.45) is 0 Å². The van der Waals surface area contributed by atoms with E-state index in [0.717, 1.165) is 12.6 Å². The van der Waals surface area contributed by atoms with E-state index in [9.17, 15) is 18.4 Å². The normalized spacial score (nSPS) is 17.6. The monoisotopic (exact) mass is 357 g/mol. The maximum atomic E-state index is 14.0. The number of rotatable bonds is 7. The first-order chi connectivity index (χ1) is 11.4. The summed E-state index contributed by atoms with van der Waals surface area (Å²) in [6.07, 6.45) is 0.152. The zero-order valence-corrected chi connectivity index (χ0v) is 14.5. The molecule has 0 saturated carbocycles. The van der Waals surface area contributed by atoms with Crippen molar-refractivity contribution in [3.8, 4) is 0 Å². The van der Waals surface area contributed by atoms with E-state index in [1.807, 2.05) is 19.0 Å². The molecule has 0 aliphatic carbocycles. The molecule has 0 radical (unpaired) electrons. The summed E-state index contributed by atoms with van der Waals surface area (Å²) in [5.41, 5.74) is 0.264. The van der Waals surface area contributed by atoms with E-state index in [-0.39, 0.29) is 36.1 Å². The Balaban J connectivity index is 1.94. The van der Waals surface area contributed by atoms with Gasteiger partial charge in [-0.25, -0.2) is 8.78 Å². The second-order valence-corrected chi connectivity index (χ2v) is 6.89. The SMILES string of the molecule is CN(C)CCNC(=O)CCN1C(=O)CSC1c1ccc(F)cc1F. The molecule has 1 fully saturated rings. The molecule has 0 spiro atoms. The second kappa shape index (κ2) is 8.43. The summed E-state index contributed by atoms with van der Waals surface area (Å²) in [5, 5.41) is 2.26. The molecule has 132 valence electrons. The van der Waals surface area contributed by atoms with E-state index >= 15 is 0 Å². The molecule has 1 atom stereocenters. The standard InChI is InChI=1S/C16H21F2N3O2S/c1-20(2)8-6-19-14(22)5-7-21-15(23)10-24-16(21)12-4-3-11(17)9-13(12)18/h3-4,9,16H,5-8,10H2,1-2H3,(H,19,22). The maximum absolute atomic E-state index is 14.0. The number of benzene rings is 1. The summed E-state index contributed by atoms with van der Waals surface area (Å²) in [4.78, 5) is 27.3. The molecule has 5 nitrogen and oxygen atoms in total. The number of hydrogen-bond acceptors (Lipinski definition) is 4. The molecule has 24 heavy (non-hydrogen) atoms. The number of amides is 2. The first-order valence-electron chi connectivity index (χ1n) is 7.66. The van der Waals surface area contributed by atoms with E-state index < -0.39 is 17.0 Å². The van der Waals surface area contributed by atoms with Gasteiger partial charge in [0.25, 0.3) is 0 Å². The van der Waals surface area contributed by atoms with Gasteiger partial charge in [0.15, 0.2) is 0 Å². The van der Waals surface area contributed by atoms with Crippen LogP contribution in [0.1, 0.15) is 17.4 Å². The fourth-order valence-electron chi connectivity index (χ4n) is 2.38. The van der Waals surface area contributed by atoms with Gasteiger partial charge < -0.3 is 15.1 Å². The van der Waals surface area contributed by atoms with Gasteiger partial charge in [0.05, 0.1) is 5.75 Å². The van der Waals surface area contributed by atoms with Crippen LogP contribution in [0.15, 0.2) is 18.2 Å². The third-order valence-electron chi connectivity index (χ3n) is 3.66. The Morgan fingerprint density at radius 1 is 1.42 bits per heavy atom. The average molecular weight is 357 g/mol. The number of hydrogen-bond donors (Lipinski definition) is 1. The molecule has 1 heterocycles. The van der Waals surface area contributed by atoms with Gasteiger partial charge >= 0.3 is 0 Å². The van der Waals surface area contributed by atoms with Gasteiger partial charge in [-0.2, -0.15) is 0 Å². The van der Waals surface area contributed by atoms with Crippen LogP contribution in [0.2, 0.25) is 0 Å². The topological polar surface area (TPSA) is 52.7 Å². The minimum Gasteiger partial charge on any atom is -0.355 e. The van der Waals surface area contributed by atoms with E-state index in [2.05, 4.69) is 5.32 Å². The Morgan fingerprint density at radius 3 is 2.83 bits per heavy atom. The minimum absolute atomic E-state index is 0.144. The third-order valence-corrected chi connectivity index (χ3v) is 4.90. The van der Waals surface area contributed by atoms with Crippen LogP contribution in [0.4, 0.5) is 8.78 Å². The van der Waals surface area contributed by atoms with Gasteiger partial charge in [-0.3, -0.25) is 9.59 Å². The summed E-state index contributed by atoms with van der Waals surface area (Å²) in [6, 6.07) is 3.34. The number of nitrogens with one attached hydrogen (secondary N) is 1. The van der Waals surface area contributed by atoms with E-state index in [4.69, 9.17) is 0 Å². The van der Waals surface area contributed by atoms with Gasteiger partial charge in [0.1, 0.15) is 17.0 Å². The first-order valence-corrected chi connectivity index (χ1v) is 8.71. The molecule has 1 N–H and O–H groups in total. The molecular weight excluding hydrogens is 336 g/mol. The molecule has 1 aromatic rings. The van der Waals surface area contributed by atoms with Crippen LogP contribution in [0, 0.1) is 11.6 Å². The summed E-state index contributed by atoms with van der Waals surface area (Å²) in [7, 11) is 3.82. The molecule has 1 unspecified atom stereocenters. The van der Waals surface area contributed by atoms with Crippen LogP contribution in [-0.2, 0) is 9.59 Å². The zero-order valence-electron chi connectivity index (χ0n) is 13.7. The van der Waals surface area contributed by atoms with Gasteiger partial charge in [-0.1, -0.05) is 6.07 Å². The molecule has 2 rings (SSSR count). The van der Waals surface area contributed by atoms with Gasteiger partial charge in [-0.05, 0) is 20.2 Å². The highest BCUT2D eigenvalue weighted by Crippen LogP contribution is 2.39. The Labute approximate surface area is 144 Å². The van der Waals surface area contributed by atoms with Crippen LogP contribution < -0.4 is 5.32 Å². The van der Waals surface area contributed by atoms with Crippen LogP contribution in [-0.4, -0.2) is 61.1 Å². The minimum atomic E-state index is -0.678. The Bertz CT molecular complexity index is 613. The molecule has 1 aliphatic rings.